The van der Waals surface area contributed by atoms with Crippen molar-refractivity contribution in [3.8, 4) is 0 Å². The molecule has 2 aromatic carbocycles. The van der Waals surface area contributed by atoms with Crippen LogP contribution >= 0.6 is 0 Å². The van der Waals surface area contributed by atoms with Crippen molar-refractivity contribution in [3.63, 3.8) is 0 Å². The number of benzene rings is 2. The minimum atomic E-state index is -0.953. The molecule has 1 aromatic heterocycles. The molecule has 6 heteroatoms. The summed E-state index contributed by atoms with van der Waals surface area (Å²) in [6.07, 6.45) is 0.924. The van der Waals surface area contributed by atoms with E-state index in [9.17, 15) is 9.59 Å². The smallest absolute Gasteiger partial charge is 0.335 e. The van der Waals surface area contributed by atoms with Crippen molar-refractivity contribution >= 4 is 22.8 Å². The van der Waals surface area contributed by atoms with E-state index in [4.69, 9.17) is 5.11 Å². The summed E-state index contributed by atoms with van der Waals surface area (Å²) in [4.78, 5) is 29.2. The molecule has 1 aliphatic heterocycles. The summed E-state index contributed by atoms with van der Waals surface area (Å²) in [6.45, 7) is 3.88. The molecule has 3 N–H and O–H groups in total. The lowest BCUT2D eigenvalue weighted by atomic mass is 10.0. The maximum absolute atomic E-state index is 12.6. The molecule has 0 aliphatic carbocycles. The van der Waals surface area contributed by atoms with Gasteiger partial charge in [0.2, 0.25) is 5.91 Å². The van der Waals surface area contributed by atoms with Gasteiger partial charge in [-0.2, -0.15) is 0 Å². The fourth-order valence-electron chi connectivity index (χ4n) is 3.81. The van der Waals surface area contributed by atoms with Crippen molar-refractivity contribution in [2.24, 2.45) is 0 Å². The van der Waals surface area contributed by atoms with Crippen LogP contribution in [0.3, 0.4) is 0 Å². The Kier molecular flexibility index (Phi) is 4.88. The first-order valence-corrected chi connectivity index (χ1v) is 9.45. The molecule has 6 nitrogen and oxygen atoms in total. The van der Waals surface area contributed by atoms with Crippen LogP contribution in [0.5, 0.6) is 0 Å². The fraction of sp³-hybridized carbons (Fsp3) is 0.273. The van der Waals surface area contributed by atoms with Gasteiger partial charge in [0.25, 0.3) is 0 Å². The number of H-pyrrole nitrogens is 1. The number of rotatable bonds is 5. The van der Waals surface area contributed by atoms with E-state index in [1.807, 2.05) is 13.0 Å². The van der Waals surface area contributed by atoms with Crippen LogP contribution in [0.2, 0.25) is 0 Å². The number of aromatic carboxylic acids is 1. The molecule has 0 bridgehead atoms. The van der Waals surface area contributed by atoms with Crippen LogP contribution in [0.4, 0.5) is 0 Å². The van der Waals surface area contributed by atoms with Gasteiger partial charge in [0.1, 0.15) is 0 Å². The standard InChI is InChI=1S/C22H23N3O3/c1-14(21(26)23-12-15-6-8-16(9-7-15)22(27)28)25-11-10-18-17-4-2-3-5-19(17)24-20(18)13-25/h2-9,14,24H,10-13H2,1H3,(H,23,26)(H,27,28). The first-order chi connectivity index (χ1) is 13.5. The van der Waals surface area contributed by atoms with Gasteiger partial charge < -0.3 is 15.4 Å². The minimum absolute atomic E-state index is 0.0260. The summed E-state index contributed by atoms with van der Waals surface area (Å²) in [5.41, 5.74) is 4.82. The number of aromatic nitrogens is 1. The van der Waals surface area contributed by atoms with Gasteiger partial charge in [-0.05, 0) is 42.7 Å². The highest BCUT2D eigenvalue weighted by molar-refractivity contribution is 5.87. The molecule has 2 heterocycles. The molecular formula is C22H23N3O3. The van der Waals surface area contributed by atoms with Crippen LogP contribution in [-0.2, 0) is 24.3 Å². The van der Waals surface area contributed by atoms with Gasteiger partial charge in [-0.25, -0.2) is 4.79 Å². The number of nitrogens with one attached hydrogen (secondary N) is 2. The second-order valence-electron chi connectivity index (χ2n) is 7.24. The third kappa shape index (κ3) is 3.51. The van der Waals surface area contributed by atoms with Crippen LogP contribution in [0.25, 0.3) is 10.9 Å². The van der Waals surface area contributed by atoms with Gasteiger partial charge in [0.15, 0.2) is 0 Å². The number of amides is 1. The van der Waals surface area contributed by atoms with Gasteiger partial charge in [-0.1, -0.05) is 30.3 Å². The zero-order valence-electron chi connectivity index (χ0n) is 15.7. The fourth-order valence-corrected chi connectivity index (χ4v) is 3.81. The second-order valence-corrected chi connectivity index (χ2v) is 7.24. The van der Waals surface area contributed by atoms with E-state index in [0.29, 0.717) is 6.54 Å². The largest absolute Gasteiger partial charge is 0.478 e. The number of para-hydroxylation sites is 1. The SMILES string of the molecule is CC(C(=O)NCc1ccc(C(=O)O)cc1)N1CCc2c([nH]c3ccccc23)C1. The Labute approximate surface area is 163 Å². The minimum Gasteiger partial charge on any atom is -0.478 e. The van der Waals surface area contributed by atoms with Gasteiger partial charge in [-0.3, -0.25) is 9.69 Å². The van der Waals surface area contributed by atoms with Crippen LogP contribution < -0.4 is 5.32 Å². The molecule has 1 unspecified atom stereocenters. The average molecular weight is 377 g/mol. The number of carbonyl (C=O) groups excluding carboxylic acids is 1. The molecule has 0 saturated carbocycles. The van der Waals surface area contributed by atoms with Crippen LogP contribution in [-0.4, -0.2) is 39.5 Å². The molecule has 144 valence electrons. The third-order valence-electron chi connectivity index (χ3n) is 5.51. The van der Waals surface area contributed by atoms with E-state index in [0.717, 1.165) is 30.6 Å². The maximum atomic E-state index is 12.6. The van der Waals surface area contributed by atoms with E-state index < -0.39 is 5.97 Å². The molecule has 0 radical (unpaired) electrons. The zero-order chi connectivity index (χ0) is 19.7. The van der Waals surface area contributed by atoms with Gasteiger partial charge in [-0.15, -0.1) is 0 Å². The van der Waals surface area contributed by atoms with E-state index in [1.165, 1.54) is 16.6 Å². The van der Waals surface area contributed by atoms with Crippen molar-refractivity contribution in [2.45, 2.75) is 32.5 Å². The van der Waals surface area contributed by atoms with Gasteiger partial charge in [0.05, 0.1) is 11.6 Å². The van der Waals surface area contributed by atoms with Crippen molar-refractivity contribution in [3.05, 3.63) is 70.9 Å². The average Bonchev–Trinajstić information content (AvgIpc) is 3.09. The van der Waals surface area contributed by atoms with E-state index in [2.05, 4.69) is 33.4 Å². The lowest BCUT2D eigenvalue weighted by molar-refractivity contribution is -0.126. The number of hydrogen-bond donors (Lipinski definition) is 3. The lowest BCUT2D eigenvalue weighted by Gasteiger charge is -2.31. The predicted octanol–water partition coefficient (Wildman–Crippen LogP) is 2.93. The first kappa shape index (κ1) is 18.3. The number of fused-ring (bicyclic) bond motifs is 3. The molecule has 0 spiro atoms. The molecule has 1 aliphatic rings. The molecule has 1 atom stereocenters. The topological polar surface area (TPSA) is 85.4 Å². The highest BCUT2D eigenvalue weighted by Gasteiger charge is 2.27. The zero-order valence-corrected chi connectivity index (χ0v) is 15.7. The Morgan fingerprint density at radius 2 is 1.93 bits per heavy atom. The summed E-state index contributed by atoms with van der Waals surface area (Å²) < 4.78 is 0. The number of hydrogen-bond acceptors (Lipinski definition) is 3. The number of aromatic amines is 1. The summed E-state index contributed by atoms with van der Waals surface area (Å²) in [5, 5.41) is 13.2. The molecular weight excluding hydrogens is 354 g/mol. The Morgan fingerprint density at radius 3 is 2.68 bits per heavy atom. The van der Waals surface area contributed by atoms with E-state index in [-0.39, 0.29) is 17.5 Å². The molecule has 1 amide bonds. The number of carboxylic acid groups (broad SMARTS) is 1. The van der Waals surface area contributed by atoms with E-state index >= 15 is 0 Å². The quantitative estimate of drug-likeness (QED) is 0.638. The Balaban J connectivity index is 1.38. The van der Waals surface area contributed by atoms with Crippen molar-refractivity contribution in [1.82, 2.24) is 15.2 Å². The highest BCUT2D eigenvalue weighted by Crippen LogP contribution is 2.28. The summed E-state index contributed by atoms with van der Waals surface area (Å²) in [6, 6.07) is 14.6. The Hall–Kier alpha value is -3.12. The van der Waals surface area contributed by atoms with Gasteiger partial charge >= 0.3 is 5.97 Å². The van der Waals surface area contributed by atoms with Crippen LogP contribution in [0.15, 0.2) is 48.5 Å². The normalized spacial score (nSPS) is 15.2. The lowest BCUT2D eigenvalue weighted by Crippen LogP contribution is -2.46. The maximum Gasteiger partial charge on any atom is 0.335 e. The predicted molar refractivity (Wildman–Crippen MR) is 107 cm³/mol. The monoisotopic (exact) mass is 377 g/mol. The molecule has 3 aromatic rings. The number of nitrogens with zero attached hydrogens (tertiary/aromatic N) is 1. The number of carbonyl (C=O) groups is 2. The van der Waals surface area contributed by atoms with Crippen LogP contribution in [0, 0.1) is 0 Å². The third-order valence-corrected chi connectivity index (χ3v) is 5.51. The molecule has 0 fully saturated rings. The Morgan fingerprint density at radius 1 is 1.18 bits per heavy atom. The molecule has 4 rings (SSSR count). The Bertz CT molecular complexity index is 1020. The van der Waals surface area contributed by atoms with Crippen molar-refractivity contribution < 1.29 is 14.7 Å². The summed E-state index contributed by atoms with van der Waals surface area (Å²) in [7, 11) is 0. The first-order valence-electron chi connectivity index (χ1n) is 9.45. The van der Waals surface area contributed by atoms with Crippen LogP contribution in [0.1, 0.15) is 34.1 Å². The number of carboxylic acids is 1. The summed E-state index contributed by atoms with van der Waals surface area (Å²) >= 11 is 0. The van der Waals surface area contributed by atoms with E-state index in [1.54, 1.807) is 24.3 Å². The molecule has 0 saturated heterocycles. The van der Waals surface area contributed by atoms with Crippen molar-refractivity contribution in [1.29, 1.82) is 0 Å². The van der Waals surface area contributed by atoms with Gasteiger partial charge in [0, 0.05) is 36.2 Å². The summed E-state index contributed by atoms with van der Waals surface area (Å²) in [5.74, 6) is -0.979. The highest BCUT2D eigenvalue weighted by atomic mass is 16.4. The van der Waals surface area contributed by atoms with Crippen molar-refractivity contribution in [2.75, 3.05) is 6.54 Å². The second kappa shape index (κ2) is 7.48. The molecule has 28 heavy (non-hydrogen) atoms.